The molecule has 2 heteroatoms. The molecular formula is C25H38O2. The van der Waals surface area contributed by atoms with Crippen molar-refractivity contribution >= 4 is 5.97 Å². The summed E-state index contributed by atoms with van der Waals surface area (Å²) >= 11 is 0. The summed E-state index contributed by atoms with van der Waals surface area (Å²) in [6.07, 6.45) is 4.88. The van der Waals surface area contributed by atoms with Crippen molar-refractivity contribution < 1.29 is 9.53 Å². The molecule has 1 aromatic carbocycles. The van der Waals surface area contributed by atoms with Gasteiger partial charge in [-0.25, -0.2) is 4.79 Å². The van der Waals surface area contributed by atoms with Gasteiger partial charge in [0.25, 0.3) is 0 Å². The molecular weight excluding hydrogens is 332 g/mol. The van der Waals surface area contributed by atoms with Crippen molar-refractivity contribution in [3.8, 4) is 0 Å². The number of carbonyl (C=O) groups excluding carboxylic acids is 1. The highest BCUT2D eigenvalue weighted by molar-refractivity contribution is 5.93. The SMILES string of the molecule is CCCCCC1C(C)=C(C(=O)OCC)C1c1cc(C(C)C)cc(C(C)C)c1. The Morgan fingerprint density at radius 3 is 2.07 bits per heavy atom. The number of ether oxygens (including phenoxy) is 1. The van der Waals surface area contributed by atoms with Gasteiger partial charge in [-0.15, -0.1) is 0 Å². The molecule has 0 spiro atoms. The average Bonchev–Trinajstić information content (AvgIpc) is 2.62. The Balaban J connectivity index is 2.45. The third kappa shape index (κ3) is 4.83. The van der Waals surface area contributed by atoms with Gasteiger partial charge < -0.3 is 4.74 Å². The van der Waals surface area contributed by atoms with Gasteiger partial charge in [-0.1, -0.05) is 77.7 Å². The minimum Gasteiger partial charge on any atom is -0.463 e. The lowest BCUT2D eigenvalue weighted by molar-refractivity contribution is -0.139. The van der Waals surface area contributed by atoms with Crippen LogP contribution in [0.3, 0.4) is 0 Å². The summed E-state index contributed by atoms with van der Waals surface area (Å²) in [6, 6.07) is 7.00. The molecule has 0 saturated carbocycles. The molecule has 0 bridgehead atoms. The Kier molecular flexibility index (Phi) is 7.70. The first-order valence-electron chi connectivity index (χ1n) is 10.8. The molecule has 0 heterocycles. The fourth-order valence-electron chi connectivity index (χ4n) is 4.24. The molecule has 0 fully saturated rings. The Hall–Kier alpha value is -1.57. The van der Waals surface area contributed by atoms with Crippen LogP contribution in [0, 0.1) is 5.92 Å². The van der Waals surface area contributed by atoms with Gasteiger partial charge >= 0.3 is 5.97 Å². The molecule has 0 aromatic heterocycles. The van der Waals surface area contributed by atoms with Crippen molar-refractivity contribution in [3.63, 3.8) is 0 Å². The summed E-state index contributed by atoms with van der Waals surface area (Å²) in [5, 5.41) is 0. The minimum absolute atomic E-state index is 0.118. The van der Waals surface area contributed by atoms with E-state index in [0.717, 1.165) is 12.0 Å². The van der Waals surface area contributed by atoms with Gasteiger partial charge in [-0.2, -0.15) is 0 Å². The summed E-state index contributed by atoms with van der Waals surface area (Å²) in [5.74, 6) is 1.51. The molecule has 1 aliphatic rings. The van der Waals surface area contributed by atoms with Crippen LogP contribution in [0.1, 0.15) is 109 Å². The van der Waals surface area contributed by atoms with Crippen LogP contribution < -0.4 is 0 Å². The number of carbonyl (C=O) groups is 1. The van der Waals surface area contributed by atoms with Gasteiger partial charge in [0.15, 0.2) is 0 Å². The molecule has 0 N–H and O–H groups in total. The molecule has 1 aromatic rings. The highest BCUT2D eigenvalue weighted by Gasteiger charge is 2.42. The lowest BCUT2D eigenvalue weighted by Gasteiger charge is -2.41. The summed E-state index contributed by atoms with van der Waals surface area (Å²) < 4.78 is 5.40. The van der Waals surface area contributed by atoms with E-state index in [-0.39, 0.29) is 11.9 Å². The molecule has 2 unspecified atom stereocenters. The van der Waals surface area contributed by atoms with E-state index in [4.69, 9.17) is 4.74 Å². The zero-order chi connectivity index (χ0) is 20.1. The number of hydrogen-bond donors (Lipinski definition) is 0. The van der Waals surface area contributed by atoms with Crippen LogP contribution in [0.5, 0.6) is 0 Å². The van der Waals surface area contributed by atoms with E-state index in [9.17, 15) is 4.79 Å². The molecule has 27 heavy (non-hydrogen) atoms. The number of esters is 1. The fourth-order valence-corrected chi connectivity index (χ4v) is 4.24. The van der Waals surface area contributed by atoms with E-state index >= 15 is 0 Å². The largest absolute Gasteiger partial charge is 0.463 e. The van der Waals surface area contributed by atoms with E-state index in [1.807, 2.05) is 6.92 Å². The standard InChI is InChI=1S/C25H38O2/c1-8-10-11-12-22-18(7)23(25(26)27-9-2)24(22)21-14-19(16(3)4)13-20(15-21)17(5)6/h13-17,22,24H,8-12H2,1-7H3. The van der Waals surface area contributed by atoms with Crippen LogP contribution >= 0.6 is 0 Å². The quantitative estimate of drug-likeness (QED) is 0.342. The molecule has 0 saturated heterocycles. The topological polar surface area (TPSA) is 26.3 Å². The zero-order valence-corrected chi connectivity index (χ0v) is 18.4. The highest BCUT2D eigenvalue weighted by Crippen LogP contribution is 2.51. The third-order valence-corrected chi connectivity index (χ3v) is 6.00. The molecule has 0 aliphatic heterocycles. The Bertz CT molecular complexity index is 655. The number of unbranched alkanes of at least 4 members (excludes halogenated alkanes) is 2. The number of benzene rings is 1. The maximum absolute atomic E-state index is 12.7. The Morgan fingerprint density at radius 2 is 1.59 bits per heavy atom. The van der Waals surface area contributed by atoms with Gasteiger partial charge in [-0.05, 0) is 54.7 Å². The van der Waals surface area contributed by atoms with Crippen LogP contribution in [0.4, 0.5) is 0 Å². The molecule has 0 radical (unpaired) electrons. The van der Waals surface area contributed by atoms with Gasteiger partial charge in [0.2, 0.25) is 0 Å². The van der Waals surface area contributed by atoms with Crippen molar-refractivity contribution in [2.75, 3.05) is 6.61 Å². The number of hydrogen-bond acceptors (Lipinski definition) is 2. The van der Waals surface area contributed by atoms with Crippen LogP contribution in [-0.2, 0) is 9.53 Å². The number of rotatable bonds is 9. The predicted octanol–water partition coefficient (Wildman–Crippen LogP) is 7.11. The molecule has 2 nitrogen and oxygen atoms in total. The second-order valence-electron chi connectivity index (χ2n) is 8.64. The van der Waals surface area contributed by atoms with Gasteiger partial charge in [0.1, 0.15) is 0 Å². The maximum Gasteiger partial charge on any atom is 0.334 e. The summed E-state index contributed by atoms with van der Waals surface area (Å²) in [4.78, 5) is 12.7. The third-order valence-electron chi connectivity index (χ3n) is 6.00. The van der Waals surface area contributed by atoms with Crippen LogP contribution in [0.15, 0.2) is 29.3 Å². The highest BCUT2D eigenvalue weighted by atomic mass is 16.5. The average molecular weight is 371 g/mol. The second kappa shape index (κ2) is 9.57. The first-order valence-corrected chi connectivity index (χ1v) is 10.8. The first-order chi connectivity index (χ1) is 12.8. The lowest BCUT2D eigenvalue weighted by atomic mass is 9.63. The van der Waals surface area contributed by atoms with E-state index in [1.165, 1.54) is 41.5 Å². The second-order valence-corrected chi connectivity index (χ2v) is 8.64. The van der Waals surface area contributed by atoms with E-state index < -0.39 is 0 Å². The molecule has 2 atom stereocenters. The molecule has 0 amide bonds. The van der Waals surface area contributed by atoms with Crippen molar-refractivity contribution in [3.05, 3.63) is 46.0 Å². The van der Waals surface area contributed by atoms with Crippen LogP contribution in [0.25, 0.3) is 0 Å². The predicted molar refractivity (Wildman–Crippen MR) is 114 cm³/mol. The summed E-state index contributed by atoms with van der Waals surface area (Å²) in [7, 11) is 0. The van der Waals surface area contributed by atoms with E-state index in [0.29, 0.717) is 24.4 Å². The minimum atomic E-state index is -0.118. The summed E-state index contributed by atoms with van der Waals surface area (Å²) in [6.45, 7) is 15.7. The zero-order valence-electron chi connectivity index (χ0n) is 18.4. The van der Waals surface area contributed by atoms with Crippen molar-refractivity contribution in [1.29, 1.82) is 0 Å². The molecule has 1 aliphatic carbocycles. The fraction of sp³-hybridized carbons (Fsp3) is 0.640. The molecule has 2 rings (SSSR count). The Labute approximate surface area is 166 Å². The summed E-state index contributed by atoms with van der Waals surface area (Å²) in [5.41, 5.74) is 6.21. The first kappa shape index (κ1) is 21.7. The lowest BCUT2D eigenvalue weighted by Crippen LogP contribution is -2.33. The van der Waals surface area contributed by atoms with Gasteiger partial charge in [0, 0.05) is 11.5 Å². The normalized spacial score (nSPS) is 19.6. The van der Waals surface area contributed by atoms with Crippen LogP contribution in [-0.4, -0.2) is 12.6 Å². The van der Waals surface area contributed by atoms with Crippen molar-refractivity contribution in [1.82, 2.24) is 0 Å². The van der Waals surface area contributed by atoms with E-state index in [2.05, 4.69) is 59.7 Å². The Morgan fingerprint density at radius 1 is 1.00 bits per heavy atom. The molecule has 150 valence electrons. The van der Waals surface area contributed by atoms with Crippen LogP contribution in [0.2, 0.25) is 0 Å². The smallest absolute Gasteiger partial charge is 0.334 e. The number of allylic oxidation sites excluding steroid dienone is 1. The maximum atomic E-state index is 12.7. The van der Waals surface area contributed by atoms with Gasteiger partial charge in [0.05, 0.1) is 6.61 Å². The van der Waals surface area contributed by atoms with Crippen molar-refractivity contribution in [2.45, 2.75) is 91.9 Å². The van der Waals surface area contributed by atoms with Crippen molar-refractivity contribution in [2.24, 2.45) is 5.92 Å². The monoisotopic (exact) mass is 370 g/mol. The van der Waals surface area contributed by atoms with Gasteiger partial charge in [-0.3, -0.25) is 0 Å². The van der Waals surface area contributed by atoms with E-state index in [1.54, 1.807) is 0 Å².